The lowest BCUT2D eigenvalue weighted by Crippen LogP contribution is -2.30. The summed E-state index contributed by atoms with van der Waals surface area (Å²) < 4.78 is 0. The van der Waals surface area contributed by atoms with Crippen molar-refractivity contribution in [1.29, 1.82) is 0 Å². The Labute approximate surface area is 109 Å². The van der Waals surface area contributed by atoms with Crippen molar-refractivity contribution < 1.29 is 10.2 Å². The highest BCUT2D eigenvalue weighted by atomic mass is 32.1. The van der Waals surface area contributed by atoms with Crippen LogP contribution < -0.4 is 4.90 Å². The summed E-state index contributed by atoms with van der Waals surface area (Å²) in [7, 11) is 0. The first-order valence-corrected chi connectivity index (χ1v) is 6.55. The first-order valence-electron chi connectivity index (χ1n) is 5.67. The van der Waals surface area contributed by atoms with Crippen molar-refractivity contribution in [2.24, 2.45) is 0 Å². The van der Waals surface area contributed by atoms with Crippen molar-refractivity contribution in [3.05, 3.63) is 29.9 Å². The minimum absolute atomic E-state index is 0.0188. The first kappa shape index (κ1) is 12.9. The molecule has 0 saturated carbocycles. The molecule has 2 N–H and O–H groups in total. The maximum absolute atomic E-state index is 9.01. The summed E-state index contributed by atoms with van der Waals surface area (Å²) in [6, 6.07) is 3.95. The van der Waals surface area contributed by atoms with Gasteiger partial charge in [-0.2, -0.15) is 0 Å². The van der Waals surface area contributed by atoms with Gasteiger partial charge in [0.05, 0.1) is 30.5 Å². The largest absolute Gasteiger partial charge is 0.395 e. The SMILES string of the molecule is OCCN(CCO)c1cncc(-c2cccs2)n1. The quantitative estimate of drug-likeness (QED) is 0.815. The molecule has 0 atom stereocenters. The number of anilines is 1. The van der Waals surface area contributed by atoms with Crippen molar-refractivity contribution >= 4 is 17.2 Å². The number of thiophene rings is 1. The van der Waals surface area contributed by atoms with Crippen molar-refractivity contribution in [2.75, 3.05) is 31.2 Å². The molecule has 2 aromatic rings. The number of aliphatic hydroxyl groups is 2. The monoisotopic (exact) mass is 265 g/mol. The number of hydrogen-bond acceptors (Lipinski definition) is 6. The third-order valence-corrected chi connectivity index (χ3v) is 3.35. The molecule has 0 saturated heterocycles. The smallest absolute Gasteiger partial charge is 0.148 e. The van der Waals surface area contributed by atoms with Gasteiger partial charge >= 0.3 is 0 Å². The molecule has 5 nitrogen and oxygen atoms in total. The number of nitrogens with zero attached hydrogens (tertiary/aromatic N) is 3. The summed E-state index contributed by atoms with van der Waals surface area (Å²) >= 11 is 1.60. The minimum atomic E-state index is 0.0188. The molecule has 96 valence electrons. The maximum Gasteiger partial charge on any atom is 0.148 e. The van der Waals surface area contributed by atoms with E-state index in [4.69, 9.17) is 10.2 Å². The van der Waals surface area contributed by atoms with Gasteiger partial charge in [-0.05, 0) is 11.4 Å². The van der Waals surface area contributed by atoms with Gasteiger partial charge in [0.15, 0.2) is 0 Å². The molecule has 0 bridgehead atoms. The van der Waals surface area contributed by atoms with Crippen molar-refractivity contribution in [3.63, 3.8) is 0 Å². The lowest BCUT2D eigenvalue weighted by molar-refractivity contribution is 0.280. The molecule has 0 aliphatic heterocycles. The Hall–Kier alpha value is -1.50. The summed E-state index contributed by atoms with van der Waals surface area (Å²) in [5.41, 5.74) is 0.809. The van der Waals surface area contributed by atoms with Gasteiger partial charge in [-0.15, -0.1) is 11.3 Å². The summed E-state index contributed by atoms with van der Waals surface area (Å²) in [4.78, 5) is 11.5. The van der Waals surface area contributed by atoms with Gasteiger partial charge < -0.3 is 15.1 Å². The summed E-state index contributed by atoms with van der Waals surface area (Å²) in [5.74, 6) is 0.670. The van der Waals surface area contributed by atoms with Crippen LogP contribution in [0.5, 0.6) is 0 Å². The Balaban J connectivity index is 2.25. The molecule has 0 aliphatic rings. The van der Waals surface area contributed by atoms with Crippen LogP contribution in [-0.4, -0.2) is 46.5 Å². The molecule has 2 heterocycles. The summed E-state index contributed by atoms with van der Waals surface area (Å²) in [6.45, 7) is 0.905. The van der Waals surface area contributed by atoms with E-state index < -0.39 is 0 Å². The van der Waals surface area contributed by atoms with Crippen LogP contribution in [0, 0.1) is 0 Å². The van der Waals surface area contributed by atoms with E-state index in [-0.39, 0.29) is 13.2 Å². The average molecular weight is 265 g/mol. The zero-order valence-electron chi connectivity index (χ0n) is 9.86. The van der Waals surface area contributed by atoms with E-state index in [2.05, 4.69) is 9.97 Å². The fourth-order valence-corrected chi connectivity index (χ4v) is 2.31. The molecular formula is C12H15N3O2S. The third-order valence-electron chi connectivity index (χ3n) is 2.46. The number of hydrogen-bond donors (Lipinski definition) is 2. The van der Waals surface area contributed by atoms with E-state index >= 15 is 0 Å². The highest BCUT2D eigenvalue weighted by Crippen LogP contribution is 2.23. The molecule has 2 rings (SSSR count). The summed E-state index contributed by atoms with van der Waals surface area (Å²) in [5, 5.41) is 20.0. The van der Waals surface area contributed by atoms with Gasteiger partial charge in [0.1, 0.15) is 11.5 Å². The first-order chi connectivity index (χ1) is 8.85. The van der Waals surface area contributed by atoms with Crippen molar-refractivity contribution in [3.8, 4) is 10.6 Å². The standard InChI is InChI=1S/C12H15N3O2S/c16-5-3-15(4-6-17)12-9-13-8-10(14-12)11-2-1-7-18-11/h1-2,7-9,16-17H,3-6H2. The molecule has 0 spiro atoms. The topological polar surface area (TPSA) is 69.5 Å². The van der Waals surface area contributed by atoms with Gasteiger partial charge in [0.2, 0.25) is 0 Å². The normalized spacial score (nSPS) is 10.6. The van der Waals surface area contributed by atoms with Gasteiger partial charge in [0.25, 0.3) is 0 Å². The van der Waals surface area contributed by atoms with E-state index in [0.717, 1.165) is 10.6 Å². The Kier molecular flexibility index (Phi) is 4.63. The van der Waals surface area contributed by atoms with E-state index in [1.54, 1.807) is 23.7 Å². The third kappa shape index (κ3) is 3.04. The Morgan fingerprint density at radius 1 is 1.17 bits per heavy atom. The van der Waals surface area contributed by atoms with Crippen molar-refractivity contribution in [1.82, 2.24) is 9.97 Å². The Morgan fingerprint density at radius 2 is 1.94 bits per heavy atom. The molecule has 0 fully saturated rings. The maximum atomic E-state index is 9.01. The highest BCUT2D eigenvalue weighted by molar-refractivity contribution is 7.13. The van der Waals surface area contributed by atoms with Crippen LogP contribution in [0.15, 0.2) is 29.9 Å². The number of aliphatic hydroxyl groups excluding tert-OH is 2. The summed E-state index contributed by atoms with van der Waals surface area (Å²) in [6.07, 6.45) is 3.35. The van der Waals surface area contributed by atoms with Crippen LogP contribution >= 0.6 is 11.3 Å². The second-order valence-corrected chi connectivity index (χ2v) is 4.62. The van der Waals surface area contributed by atoms with Gasteiger partial charge in [0, 0.05) is 13.1 Å². The molecule has 18 heavy (non-hydrogen) atoms. The highest BCUT2D eigenvalue weighted by Gasteiger charge is 2.09. The molecule has 2 aromatic heterocycles. The molecule has 0 aromatic carbocycles. The lowest BCUT2D eigenvalue weighted by atomic mass is 10.3. The zero-order valence-corrected chi connectivity index (χ0v) is 10.7. The molecule has 0 amide bonds. The number of aromatic nitrogens is 2. The zero-order chi connectivity index (χ0) is 12.8. The molecule has 0 unspecified atom stereocenters. The Bertz CT molecular complexity index is 470. The molecule has 0 radical (unpaired) electrons. The van der Waals surface area contributed by atoms with E-state index in [1.807, 2.05) is 22.4 Å². The molecule has 6 heteroatoms. The van der Waals surface area contributed by atoms with Gasteiger partial charge in [-0.25, -0.2) is 4.98 Å². The Morgan fingerprint density at radius 3 is 2.56 bits per heavy atom. The van der Waals surface area contributed by atoms with Gasteiger partial charge in [-0.3, -0.25) is 4.98 Å². The number of rotatable bonds is 6. The fourth-order valence-electron chi connectivity index (χ4n) is 1.63. The molecular weight excluding hydrogens is 250 g/mol. The van der Waals surface area contributed by atoms with Crippen LogP contribution in [0.1, 0.15) is 0 Å². The van der Waals surface area contributed by atoms with Crippen molar-refractivity contribution in [2.45, 2.75) is 0 Å². The predicted octanol–water partition coefficient (Wildman–Crippen LogP) is 0.996. The van der Waals surface area contributed by atoms with Crippen LogP contribution in [-0.2, 0) is 0 Å². The fraction of sp³-hybridized carbons (Fsp3) is 0.333. The van der Waals surface area contributed by atoms with E-state index in [9.17, 15) is 0 Å². The predicted molar refractivity (Wildman–Crippen MR) is 71.7 cm³/mol. The van der Waals surface area contributed by atoms with Crippen LogP contribution in [0.3, 0.4) is 0 Å². The lowest BCUT2D eigenvalue weighted by Gasteiger charge is -2.21. The van der Waals surface area contributed by atoms with Crippen LogP contribution in [0.25, 0.3) is 10.6 Å². The van der Waals surface area contributed by atoms with E-state index in [1.165, 1.54) is 0 Å². The minimum Gasteiger partial charge on any atom is -0.395 e. The second kappa shape index (κ2) is 6.44. The average Bonchev–Trinajstić information content (AvgIpc) is 2.93. The van der Waals surface area contributed by atoms with Crippen LogP contribution in [0.2, 0.25) is 0 Å². The van der Waals surface area contributed by atoms with Crippen LogP contribution in [0.4, 0.5) is 5.82 Å². The van der Waals surface area contributed by atoms with E-state index in [0.29, 0.717) is 18.9 Å². The molecule has 0 aliphatic carbocycles. The van der Waals surface area contributed by atoms with Gasteiger partial charge in [-0.1, -0.05) is 6.07 Å². The second-order valence-electron chi connectivity index (χ2n) is 3.67.